The van der Waals surface area contributed by atoms with Crippen molar-refractivity contribution in [2.45, 2.75) is 26.8 Å². The molecule has 0 unspecified atom stereocenters. The summed E-state index contributed by atoms with van der Waals surface area (Å²) in [6.07, 6.45) is 6.36. The molecular formula is C16H25IN6O. The summed E-state index contributed by atoms with van der Waals surface area (Å²) in [6.45, 7) is 6.66. The maximum absolute atomic E-state index is 5.83. The maximum atomic E-state index is 5.83. The minimum atomic E-state index is 0. The molecule has 3 N–H and O–H groups in total. The van der Waals surface area contributed by atoms with Crippen molar-refractivity contribution < 1.29 is 4.74 Å². The molecule has 0 aromatic carbocycles. The number of guanidine groups is 1. The monoisotopic (exact) mass is 444 g/mol. The van der Waals surface area contributed by atoms with Crippen LogP contribution in [0.25, 0.3) is 5.82 Å². The predicted octanol–water partition coefficient (Wildman–Crippen LogP) is 2.02. The quantitative estimate of drug-likeness (QED) is 0.282. The summed E-state index contributed by atoms with van der Waals surface area (Å²) in [7, 11) is 0. The van der Waals surface area contributed by atoms with Gasteiger partial charge in [-0.1, -0.05) is 6.07 Å². The molecule has 0 radical (unpaired) electrons. The number of imidazole rings is 1. The number of aromatic nitrogens is 3. The van der Waals surface area contributed by atoms with Gasteiger partial charge in [0.05, 0.1) is 6.54 Å². The van der Waals surface area contributed by atoms with Gasteiger partial charge in [-0.15, -0.1) is 24.0 Å². The van der Waals surface area contributed by atoms with E-state index in [0.717, 1.165) is 43.4 Å². The largest absolute Gasteiger partial charge is 0.382 e. The highest BCUT2D eigenvalue weighted by atomic mass is 127. The van der Waals surface area contributed by atoms with Crippen LogP contribution in [0.15, 0.2) is 35.7 Å². The van der Waals surface area contributed by atoms with Crippen LogP contribution in [0.4, 0.5) is 0 Å². The summed E-state index contributed by atoms with van der Waals surface area (Å²) >= 11 is 0. The predicted molar refractivity (Wildman–Crippen MR) is 106 cm³/mol. The molecule has 0 aliphatic heterocycles. The van der Waals surface area contributed by atoms with Crippen LogP contribution in [0.3, 0.4) is 0 Å². The summed E-state index contributed by atoms with van der Waals surface area (Å²) < 4.78 is 7.19. The van der Waals surface area contributed by atoms with Crippen molar-refractivity contribution in [1.82, 2.24) is 19.9 Å². The number of nitrogens with zero attached hydrogens (tertiary/aromatic N) is 4. The average Bonchev–Trinajstić information content (AvgIpc) is 2.99. The van der Waals surface area contributed by atoms with Crippen LogP contribution in [0.2, 0.25) is 0 Å². The van der Waals surface area contributed by atoms with E-state index in [-0.39, 0.29) is 24.0 Å². The minimum Gasteiger partial charge on any atom is -0.382 e. The zero-order valence-electron chi connectivity index (χ0n) is 14.1. The standard InChI is InChI=1S/C16H24N6O.HI/c1-3-23-10-4-7-19-16(17)21-12-14-5-6-15(20-11-14)22-9-8-18-13(22)2;/h5-6,8-9,11H,3-4,7,10,12H2,1-2H3,(H3,17,19,21);1H. The molecule has 2 aromatic heterocycles. The smallest absolute Gasteiger partial charge is 0.188 e. The molecule has 2 heterocycles. The Morgan fingerprint density at radius 1 is 1.38 bits per heavy atom. The Bertz CT molecular complexity index is 626. The van der Waals surface area contributed by atoms with Gasteiger partial charge in [0.2, 0.25) is 0 Å². The number of nitrogens with one attached hydrogen (secondary N) is 1. The summed E-state index contributed by atoms with van der Waals surface area (Å²) in [5.74, 6) is 2.19. The lowest BCUT2D eigenvalue weighted by Gasteiger charge is -2.06. The zero-order chi connectivity index (χ0) is 16.5. The first-order valence-corrected chi connectivity index (χ1v) is 7.77. The lowest BCUT2D eigenvalue weighted by Crippen LogP contribution is -2.32. The van der Waals surface area contributed by atoms with Gasteiger partial charge in [-0.3, -0.25) is 4.57 Å². The van der Waals surface area contributed by atoms with E-state index < -0.39 is 0 Å². The van der Waals surface area contributed by atoms with E-state index in [2.05, 4.69) is 20.3 Å². The van der Waals surface area contributed by atoms with Gasteiger partial charge in [-0.2, -0.15) is 0 Å². The first-order valence-electron chi connectivity index (χ1n) is 7.77. The van der Waals surface area contributed by atoms with Crippen molar-refractivity contribution in [3.63, 3.8) is 0 Å². The molecule has 0 saturated heterocycles. The van der Waals surface area contributed by atoms with E-state index in [9.17, 15) is 0 Å². The molecule has 2 aromatic rings. The Labute approximate surface area is 159 Å². The number of halogens is 1. The van der Waals surface area contributed by atoms with E-state index in [0.29, 0.717) is 12.5 Å². The second kappa shape index (κ2) is 11.0. The zero-order valence-corrected chi connectivity index (χ0v) is 16.4. The molecule has 2 rings (SSSR count). The van der Waals surface area contributed by atoms with E-state index in [4.69, 9.17) is 10.5 Å². The van der Waals surface area contributed by atoms with Gasteiger partial charge in [0.15, 0.2) is 5.96 Å². The van der Waals surface area contributed by atoms with Crippen LogP contribution in [-0.2, 0) is 11.3 Å². The minimum absolute atomic E-state index is 0. The van der Waals surface area contributed by atoms with Gasteiger partial charge >= 0.3 is 0 Å². The van der Waals surface area contributed by atoms with Crippen molar-refractivity contribution in [3.8, 4) is 5.82 Å². The number of hydrogen-bond donors (Lipinski definition) is 2. The van der Waals surface area contributed by atoms with Crippen molar-refractivity contribution in [2.24, 2.45) is 10.7 Å². The maximum Gasteiger partial charge on any atom is 0.188 e. The summed E-state index contributed by atoms with van der Waals surface area (Å²) in [4.78, 5) is 12.9. The van der Waals surface area contributed by atoms with Crippen molar-refractivity contribution in [1.29, 1.82) is 0 Å². The Hall–Kier alpha value is -1.68. The molecule has 0 bridgehead atoms. The third-order valence-corrected chi connectivity index (χ3v) is 3.29. The van der Waals surface area contributed by atoms with Gasteiger partial charge in [0, 0.05) is 38.3 Å². The molecule has 0 spiro atoms. The molecule has 7 nitrogen and oxygen atoms in total. The fraction of sp³-hybridized carbons (Fsp3) is 0.438. The molecule has 0 atom stereocenters. The highest BCUT2D eigenvalue weighted by Crippen LogP contribution is 2.08. The Kier molecular flexibility index (Phi) is 9.31. The number of nitrogens with two attached hydrogens (primary N) is 1. The first kappa shape index (κ1) is 20.4. The highest BCUT2D eigenvalue weighted by molar-refractivity contribution is 14.0. The molecule has 0 saturated carbocycles. The fourth-order valence-electron chi connectivity index (χ4n) is 2.04. The molecule has 8 heteroatoms. The Morgan fingerprint density at radius 2 is 2.21 bits per heavy atom. The number of rotatable bonds is 8. The topological polar surface area (TPSA) is 90.3 Å². The van der Waals surface area contributed by atoms with E-state index in [1.165, 1.54) is 0 Å². The third kappa shape index (κ3) is 6.44. The van der Waals surface area contributed by atoms with Gasteiger partial charge < -0.3 is 15.8 Å². The molecule has 0 amide bonds. The van der Waals surface area contributed by atoms with Gasteiger partial charge in [-0.05, 0) is 31.9 Å². The van der Waals surface area contributed by atoms with Crippen LogP contribution < -0.4 is 11.1 Å². The molecule has 0 fully saturated rings. The van der Waals surface area contributed by atoms with Crippen molar-refractivity contribution in [2.75, 3.05) is 19.8 Å². The average molecular weight is 444 g/mol. The van der Waals surface area contributed by atoms with Crippen LogP contribution in [0.5, 0.6) is 0 Å². The SMILES string of the molecule is CCOCCCNC(N)=NCc1ccc(-n2ccnc2C)nc1.I. The lowest BCUT2D eigenvalue weighted by atomic mass is 10.3. The number of hydrogen-bond acceptors (Lipinski definition) is 4. The summed E-state index contributed by atoms with van der Waals surface area (Å²) in [5, 5.41) is 3.07. The number of aliphatic imine (C=N–C) groups is 1. The molecule has 0 aliphatic carbocycles. The normalized spacial score (nSPS) is 11.2. The van der Waals surface area contributed by atoms with Crippen LogP contribution in [0.1, 0.15) is 24.7 Å². The second-order valence-corrected chi connectivity index (χ2v) is 5.05. The molecule has 24 heavy (non-hydrogen) atoms. The van der Waals surface area contributed by atoms with Crippen LogP contribution in [-0.4, -0.2) is 40.3 Å². The first-order chi connectivity index (χ1) is 11.2. The van der Waals surface area contributed by atoms with Gasteiger partial charge in [0.1, 0.15) is 11.6 Å². The van der Waals surface area contributed by atoms with E-state index >= 15 is 0 Å². The molecule has 0 aliphatic rings. The summed E-state index contributed by atoms with van der Waals surface area (Å²) in [6, 6.07) is 3.94. The van der Waals surface area contributed by atoms with Gasteiger partial charge in [-0.25, -0.2) is 15.0 Å². The lowest BCUT2D eigenvalue weighted by molar-refractivity contribution is 0.145. The van der Waals surface area contributed by atoms with Gasteiger partial charge in [0.25, 0.3) is 0 Å². The molecule has 132 valence electrons. The van der Waals surface area contributed by atoms with Crippen LogP contribution >= 0.6 is 24.0 Å². The van der Waals surface area contributed by atoms with E-state index in [1.807, 2.05) is 36.7 Å². The third-order valence-electron chi connectivity index (χ3n) is 3.29. The Balaban J connectivity index is 0.00000288. The van der Waals surface area contributed by atoms with Crippen molar-refractivity contribution in [3.05, 3.63) is 42.1 Å². The van der Waals surface area contributed by atoms with Crippen LogP contribution in [0, 0.1) is 6.92 Å². The number of ether oxygens (including phenoxy) is 1. The van der Waals surface area contributed by atoms with E-state index in [1.54, 1.807) is 12.4 Å². The fourth-order valence-corrected chi connectivity index (χ4v) is 2.04. The highest BCUT2D eigenvalue weighted by Gasteiger charge is 2.01. The number of aryl methyl sites for hydroxylation is 1. The van der Waals surface area contributed by atoms with Crippen molar-refractivity contribution >= 4 is 29.9 Å². The molecular weight excluding hydrogens is 419 g/mol. The Morgan fingerprint density at radius 3 is 2.83 bits per heavy atom. The number of pyridine rings is 1. The summed E-state index contributed by atoms with van der Waals surface area (Å²) in [5.41, 5.74) is 6.83. The second-order valence-electron chi connectivity index (χ2n) is 5.05.